The smallest absolute Gasteiger partial charge is 0.368 e. The van der Waals surface area contributed by atoms with Crippen LogP contribution in [0.2, 0.25) is 0 Å². The first kappa shape index (κ1) is 13.0. The Bertz CT molecular complexity index is 637. The van der Waals surface area contributed by atoms with E-state index in [0.29, 0.717) is 10.9 Å². The molecule has 1 aliphatic rings. The number of rotatable bonds is 3. The predicted octanol–water partition coefficient (Wildman–Crippen LogP) is 2.74. The quantitative estimate of drug-likeness (QED) is 0.940. The molecule has 1 saturated carbocycles. The highest BCUT2D eigenvalue weighted by Gasteiger charge is 2.39. The van der Waals surface area contributed by atoms with Crippen molar-refractivity contribution < 1.29 is 13.2 Å². The number of hydrogen-bond donors (Lipinski definition) is 1. The normalized spacial score (nSPS) is 15.6. The minimum Gasteiger partial charge on any atom is -0.368 e. The minimum absolute atomic E-state index is 0.00785. The number of nitrogens with zero attached hydrogens (tertiary/aromatic N) is 3. The van der Waals surface area contributed by atoms with Gasteiger partial charge in [0.25, 0.3) is 0 Å². The molecule has 1 aromatic heterocycles. The second-order valence-electron chi connectivity index (χ2n) is 4.90. The van der Waals surface area contributed by atoms with Crippen molar-refractivity contribution in [2.75, 3.05) is 17.2 Å². The van der Waals surface area contributed by atoms with Crippen LogP contribution in [0.4, 0.5) is 24.9 Å². The largest absolute Gasteiger partial charge is 0.405 e. The monoisotopic (exact) mass is 282 g/mol. The maximum absolute atomic E-state index is 12.8. The summed E-state index contributed by atoms with van der Waals surface area (Å²) in [6.45, 7) is -1.02. The zero-order valence-electron chi connectivity index (χ0n) is 10.6. The molecule has 20 heavy (non-hydrogen) atoms. The van der Waals surface area contributed by atoms with E-state index < -0.39 is 12.7 Å². The molecule has 0 atom stereocenters. The maximum Gasteiger partial charge on any atom is 0.405 e. The molecule has 0 amide bonds. The lowest BCUT2D eigenvalue weighted by atomic mass is 10.2. The number of para-hydroxylation sites is 1. The lowest BCUT2D eigenvalue weighted by molar-refractivity contribution is -0.120. The summed E-state index contributed by atoms with van der Waals surface area (Å²) < 4.78 is 38.3. The molecule has 1 aliphatic carbocycles. The van der Waals surface area contributed by atoms with E-state index in [1.54, 1.807) is 24.3 Å². The fraction of sp³-hybridized carbons (Fsp3) is 0.385. The van der Waals surface area contributed by atoms with Crippen LogP contribution in [0.3, 0.4) is 0 Å². The summed E-state index contributed by atoms with van der Waals surface area (Å²) in [7, 11) is 0. The van der Waals surface area contributed by atoms with Gasteiger partial charge in [-0.1, -0.05) is 12.1 Å². The van der Waals surface area contributed by atoms with Crippen molar-refractivity contribution in [3.8, 4) is 0 Å². The van der Waals surface area contributed by atoms with Gasteiger partial charge in [-0.25, -0.2) is 4.98 Å². The zero-order chi connectivity index (χ0) is 14.3. The molecule has 1 heterocycles. The molecule has 7 heteroatoms. The Morgan fingerprint density at radius 3 is 2.55 bits per heavy atom. The molecule has 106 valence electrons. The first-order valence-corrected chi connectivity index (χ1v) is 6.30. The number of anilines is 2. The van der Waals surface area contributed by atoms with Crippen LogP contribution in [0.1, 0.15) is 12.8 Å². The van der Waals surface area contributed by atoms with Crippen LogP contribution in [0.5, 0.6) is 0 Å². The van der Waals surface area contributed by atoms with E-state index in [1.807, 2.05) is 0 Å². The summed E-state index contributed by atoms with van der Waals surface area (Å²) >= 11 is 0. The molecule has 4 nitrogen and oxygen atoms in total. The van der Waals surface area contributed by atoms with Crippen molar-refractivity contribution in [1.82, 2.24) is 9.97 Å². The average Bonchev–Trinajstić information content (AvgIpc) is 3.18. The molecule has 0 saturated heterocycles. The van der Waals surface area contributed by atoms with E-state index in [1.165, 1.54) is 4.90 Å². The third-order valence-electron chi connectivity index (χ3n) is 3.21. The van der Waals surface area contributed by atoms with Gasteiger partial charge < -0.3 is 10.6 Å². The predicted molar refractivity (Wildman–Crippen MR) is 70.4 cm³/mol. The number of nitrogen functional groups attached to an aromatic ring is 1. The van der Waals surface area contributed by atoms with E-state index >= 15 is 0 Å². The molecule has 1 fully saturated rings. The molecule has 0 unspecified atom stereocenters. The van der Waals surface area contributed by atoms with Gasteiger partial charge in [-0.3, -0.25) is 0 Å². The highest BCUT2D eigenvalue weighted by Crippen LogP contribution is 2.36. The van der Waals surface area contributed by atoms with Crippen molar-refractivity contribution in [2.24, 2.45) is 0 Å². The summed E-state index contributed by atoms with van der Waals surface area (Å²) in [5.41, 5.74) is 6.17. The Kier molecular flexibility index (Phi) is 2.92. The third kappa shape index (κ3) is 2.61. The molecule has 0 radical (unpaired) electrons. The second kappa shape index (κ2) is 4.50. The van der Waals surface area contributed by atoms with Gasteiger partial charge in [0, 0.05) is 11.4 Å². The van der Waals surface area contributed by atoms with Gasteiger partial charge in [-0.15, -0.1) is 0 Å². The number of halogens is 3. The Morgan fingerprint density at radius 1 is 1.20 bits per heavy atom. The number of alkyl halides is 3. The van der Waals surface area contributed by atoms with Crippen LogP contribution in [0.15, 0.2) is 24.3 Å². The van der Waals surface area contributed by atoms with Gasteiger partial charge in [0.2, 0.25) is 5.95 Å². The summed E-state index contributed by atoms with van der Waals surface area (Å²) in [6.07, 6.45) is -2.79. The number of benzene rings is 1. The SMILES string of the molecule is Nc1nc(N(CC(F)(F)F)C2CC2)c2ccccc2n1. The first-order valence-electron chi connectivity index (χ1n) is 6.30. The summed E-state index contributed by atoms with van der Waals surface area (Å²) in [5, 5.41) is 0.595. The van der Waals surface area contributed by atoms with Gasteiger partial charge in [-0.2, -0.15) is 18.2 Å². The van der Waals surface area contributed by atoms with Crippen LogP contribution in [-0.2, 0) is 0 Å². The van der Waals surface area contributed by atoms with Crippen molar-refractivity contribution in [1.29, 1.82) is 0 Å². The van der Waals surface area contributed by atoms with Crippen molar-refractivity contribution in [3.63, 3.8) is 0 Å². The third-order valence-corrected chi connectivity index (χ3v) is 3.21. The van der Waals surface area contributed by atoms with E-state index in [2.05, 4.69) is 9.97 Å². The minimum atomic E-state index is -4.27. The molecule has 0 aliphatic heterocycles. The highest BCUT2D eigenvalue weighted by atomic mass is 19.4. The number of hydrogen-bond acceptors (Lipinski definition) is 4. The van der Waals surface area contributed by atoms with E-state index in [9.17, 15) is 13.2 Å². The van der Waals surface area contributed by atoms with E-state index in [-0.39, 0.29) is 17.8 Å². The van der Waals surface area contributed by atoms with Gasteiger partial charge >= 0.3 is 6.18 Å². The molecule has 3 rings (SSSR count). The van der Waals surface area contributed by atoms with Crippen LogP contribution >= 0.6 is 0 Å². The van der Waals surface area contributed by atoms with Crippen LogP contribution in [0.25, 0.3) is 10.9 Å². The molecule has 0 bridgehead atoms. The second-order valence-corrected chi connectivity index (χ2v) is 4.90. The number of fused-ring (bicyclic) bond motifs is 1. The number of nitrogens with two attached hydrogens (primary N) is 1. The van der Waals surface area contributed by atoms with Crippen LogP contribution in [-0.4, -0.2) is 28.7 Å². The topological polar surface area (TPSA) is 55.0 Å². The van der Waals surface area contributed by atoms with E-state index in [0.717, 1.165) is 12.8 Å². The van der Waals surface area contributed by atoms with Gasteiger partial charge in [0.05, 0.1) is 5.52 Å². The molecule has 0 spiro atoms. The summed E-state index contributed by atoms with van der Waals surface area (Å²) in [6, 6.07) is 6.84. The molecular formula is C13H13F3N4. The zero-order valence-corrected chi connectivity index (χ0v) is 10.6. The molecule has 2 N–H and O–H groups in total. The lowest BCUT2D eigenvalue weighted by Gasteiger charge is -2.26. The Morgan fingerprint density at radius 2 is 1.90 bits per heavy atom. The highest BCUT2D eigenvalue weighted by molar-refractivity contribution is 5.90. The lowest BCUT2D eigenvalue weighted by Crippen LogP contribution is -2.36. The van der Waals surface area contributed by atoms with Crippen molar-refractivity contribution >= 4 is 22.7 Å². The fourth-order valence-corrected chi connectivity index (χ4v) is 2.25. The molecular weight excluding hydrogens is 269 g/mol. The van der Waals surface area contributed by atoms with Crippen molar-refractivity contribution in [3.05, 3.63) is 24.3 Å². The Hall–Kier alpha value is -2.05. The Balaban J connectivity index is 2.10. The van der Waals surface area contributed by atoms with Crippen molar-refractivity contribution in [2.45, 2.75) is 25.1 Å². The summed E-state index contributed by atoms with van der Waals surface area (Å²) in [4.78, 5) is 9.39. The maximum atomic E-state index is 12.8. The van der Waals surface area contributed by atoms with Crippen LogP contribution in [0, 0.1) is 0 Å². The standard InChI is InChI=1S/C13H13F3N4/c14-13(15,16)7-20(8-5-6-8)11-9-3-1-2-4-10(9)18-12(17)19-11/h1-4,8H,5-7H2,(H2,17,18,19). The molecule has 1 aromatic carbocycles. The molecule has 2 aromatic rings. The fourth-order valence-electron chi connectivity index (χ4n) is 2.25. The van der Waals surface area contributed by atoms with Crippen LogP contribution < -0.4 is 10.6 Å². The van der Waals surface area contributed by atoms with Gasteiger partial charge in [0.1, 0.15) is 12.4 Å². The Labute approximate surface area is 113 Å². The summed E-state index contributed by atoms with van der Waals surface area (Å²) in [5.74, 6) is 0.263. The van der Waals surface area contributed by atoms with E-state index in [4.69, 9.17) is 5.73 Å². The number of aromatic nitrogens is 2. The first-order chi connectivity index (χ1) is 9.44. The van der Waals surface area contributed by atoms with Gasteiger partial charge in [-0.05, 0) is 25.0 Å². The average molecular weight is 282 g/mol. The van der Waals surface area contributed by atoms with Gasteiger partial charge in [0.15, 0.2) is 0 Å².